The minimum absolute atomic E-state index is 0.00243. The molecule has 0 aromatic heterocycles. The number of carbonyl (C=O) groups excluding carboxylic acids is 4. The Morgan fingerprint density at radius 2 is 1.07 bits per heavy atom. The van der Waals surface area contributed by atoms with Crippen LogP contribution in [0.5, 0.6) is 0 Å². The summed E-state index contributed by atoms with van der Waals surface area (Å²) in [5.41, 5.74) is 0. The highest BCUT2D eigenvalue weighted by Crippen LogP contribution is 2.32. The molecule has 0 aromatic rings. The molecule has 0 radical (unpaired) electrons. The zero-order valence-electron chi connectivity index (χ0n) is 33.3. The number of unbranched alkanes of at least 4 members (excludes halogenated alkanes) is 15. The molecule has 16 heteroatoms. The van der Waals surface area contributed by atoms with Crippen LogP contribution in [0.4, 0.5) is 0 Å². The smallest absolute Gasteiger partial charge is 0.303 e. The molecule has 15 nitrogen and oxygen atoms in total. The van der Waals surface area contributed by atoms with Crippen LogP contribution in [0.15, 0.2) is 0 Å². The lowest BCUT2D eigenvalue weighted by atomic mass is 10.0. The summed E-state index contributed by atoms with van der Waals surface area (Å²) in [5, 5.41) is 16.5. The van der Waals surface area contributed by atoms with E-state index in [9.17, 15) is 33.8 Å². The second kappa shape index (κ2) is 43.5. The van der Waals surface area contributed by atoms with Crippen molar-refractivity contribution in [2.75, 3.05) is 65.9 Å². The van der Waals surface area contributed by atoms with Crippen LogP contribution >= 0.6 is 8.38 Å². The third-order valence-electron chi connectivity index (χ3n) is 8.09. The van der Waals surface area contributed by atoms with Gasteiger partial charge in [0.25, 0.3) is 0 Å². The second-order valence-electron chi connectivity index (χ2n) is 13.1. The van der Waals surface area contributed by atoms with Crippen LogP contribution in [0.3, 0.4) is 0 Å². The Labute approximate surface area is 325 Å². The van der Waals surface area contributed by atoms with Crippen molar-refractivity contribution in [1.82, 2.24) is 16.0 Å². The maximum absolute atomic E-state index is 12.2. The standard InChI is InChI=1S/C30H59N2O8P.C8H15NO4/c1-2-39-25-26-40-24-23-31-27(33)21-22-29(41(37)38)32-28(34)19-17-15-13-11-9-7-5-3-4-6-8-10-12-14-16-18-20-30(35)36;1-8(11)6-13-5-4-12-3-2-9-7-10/h29,37-38H,2-26H2,1H3,(H,31,33)(H,32,34)(H,35,36);7H,2-6H2,1H3,(H,9,10). The molecule has 0 rings (SSSR count). The van der Waals surface area contributed by atoms with E-state index in [2.05, 4.69) is 16.0 Å². The number of ether oxygens (including phenoxy) is 4. The highest BCUT2D eigenvalue weighted by atomic mass is 31.2. The maximum Gasteiger partial charge on any atom is 0.303 e. The summed E-state index contributed by atoms with van der Waals surface area (Å²) < 4.78 is 20.5. The number of Topliss-reactive ketones (excluding diaryl/α,β-unsaturated/α-hetero) is 1. The molecule has 318 valence electrons. The molecular formula is C38H74N3O12P. The first kappa shape index (κ1) is 53.8. The number of hydrogen-bond donors (Lipinski definition) is 6. The Kier molecular flexibility index (Phi) is 43.3. The Morgan fingerprint density at radius 3 is 1.54 bits per heavy atom. The van der Waals surface area contributed by atoms with Gasteiger partial charge in [0.2, 0.25) is 18.2 Å². The fourth-order valence-corrected chi connectivity index (χ4v) is 5.77. The van der Waals surface area contributed by atoms with E-state index in [0.29, 0.717) is 78.6 Å². The van der Waals surface area contributed by atoms with Crippen molar-refractivity contribution in [3.63, 3.8) is 0 Å². The van der Waals surface area contributed by atoms with E-state index in [4.69, 9.17) is 24.1 Å². The van der Waals surface area contributed by atoms with Crippen molar-refractivity contribution in [2.45, 2.75) is 148 Å². The average molecular weight is 796 g/mol. The zero-order chi connectivity index (χ0) is 40.3. The number of carboxylic acid groups (broad SMARTS) is 1. The number of nitrogens with one attached hydrogen (secondary N) is 3. The fraction of sp³-hybridized carbons (Fsp3) is 0.868. The largest absolute Gasteiger partial charge is 0.481 e. The summed E-state index contributed by atoms with van der Waals surface area (Å²) in [6.45, 7) is 7.70. The van der Waals surface area contributed by atoms with Gasteiger partial charge in [-0.15, -0.1) is 0 Å². The molecule has 0 fully saturated rings. The highest BCUT2D eigenvalue weighted by Gasteiger charge is 2.21. The van der Waals surface area contributed by atoms with Gasteiger partial charge in [-0.3, -0.25) is 24.0 Å². The molecule has 0 aliphatic rings. The van der Waals surface area contributed by atoms with Gasteiger partial charge in [0.1, 0.15) is 6.61 Å². The van der Waals surface area contributed by atoms with Crippen LogP contribution < -0.4 is 16.0 Å². The molecular weight excluding hydrogens is 721 g/mol. The zero-order valence-corrected chi connectivity index (χ0v) is 34.2. The van der Waals surface area contributed by atoms with Gasteiger partial charge in [-0.25, -0.2) is 0 Å². The van der Waals surface area contributed by atoms with Gasteiger partial charge in [0, 0.05) is 39.0 Å². The van der Waals surface area contributed by atoms with Crippen molar-refractivity contribution < 1.29 is 57.8 Å². The van der Waals surface area contributed by atoms with Crippen LogP contribution in [0.2, 0.25) is 0 Å². The summed E-state index contributed by atoms with van der Waals surface area (Å²) in [6, 6.07) is 0. The Hall–Kier alpha value is -2.26. The van der Waals surface area contributed by atoms with Gasteiger partial charge >= 0.3 is 5.97 Å². The van der Waals surface area contributed by atoms with Crippen LogP contribution in [-0.4, -0.2) is 117 Å². The summed E-state index contributed by atoms with van der Waals surface area (Å²) in [5.74, 6) is -1.91. The van der Waals surface area contributed by atoms with E-state index in [1.165, 1.54) is 71.1 Å². The lowest BCUT2D eigenvalue weighted by molar-refractivity contribution is -0.137. The minimum atomic E-state index is -2.36. The van der Waals surface area contributed by atoms with Gasteiger partial charge < -0.3 is 49.8 Å². The first-order chi connectivity index (χ1) is 26.1. The van der Waals surface area contributed by atoms with E-state index in [0.717, 1.165) is 38.5 Å². The Morgan fingerprint density at radius 1 is 0.611 bits per heavy atom. The molecule has 0 aliphatic heterocycles. The lowest BCUT2D eigenvalue weighted by Gasteiger charge is -2.19. The molecule has 0 spiro atoms. The molecule has 3 amide bonds. The molecule has 6 N–H and O–H groups in total. The third kappa shape index (κ3) is 45.9. The van der Waals surface area contributed by atoms with Crippen molar-refractivity contribution >= 4 is 38.4 Å². The summed E-state index contributed by atoms with van der Waals surface area (Å²) in [4.78, 5) is 74.2. The number of ketones is 1. The number of hydrogen-bond acceptors (Lipinski definition) is 11. The quantitative estimate of drug-likeness (QED) is 0.0270. The summed E-state index contributed by atoms with van der Waals surface area (Å²) >= 11 is 0. The van der Waals surface area contributed by atoms with E-state index in [1.54, 1.807) is 0 Å². The Balaban J connectivity index is 0. The average Bonchev–Trinajstić information content (AvgIpc) is 3.13. The SMILES string of the molecule is CC(=O)COCCOCCNC=O.CCOCCOCCNC(=O)CCC(NC(=O)CCCCCCCCCCCCCCCCCCC(=O)O)P(O)O. The minimum Gasteiger partial charge on any atom is -0.481 e. The van der Waals surface area contributed by atoms with Crippen LogP contribution in [-0.2, 0) is 42.9 Å². The Bertz CT molecular complexity index is 902. The topological polar surface area (TPSA) is 219 Å². The van der Waals surface area contributed by atoms with Gasteiger partial charge in [0.05, 0.1) is 45.4 Å². The van der Waals surface area contributed by atoms with Crippen LogP contribution in [0.1, 0.15) is 142 Å². The lowest BCUT2D eigenvalue weighted by Crippen LogP contribution is -2.35. The molecule has 0 saturated heterocycles. The third-order valence-corrected chi connectivity index (χ3v) is 9.04. The number of aliphatic carboxylic acids is 1. The molecule has 54 heavy (non-hydrogen) atoms. The van der Waals surface area contributed by atoms with E-state index in [1.807, 2.05) is 6.92 Å². The molecule has 0 aliphatic carbocycles. The van der Waals surface area contributed by atoms with Crippen LogP contribution in [0, 0.1) is 0 Å². The van der Waals surface area contributed by atoms with Crippen LogP contribution in [0.25, 0.3) is 0 Å². The normalized spacial score (nSPS) is 11.4. The molecule has 0 heterocycles. The van der Waals surface area contributed by atoms with Gasteiger partial charge in [-0.2, -0.15) is 0 Å². The van der Waals surface area contributed by atoms with Gasteiger partial charge in [-0.1, -0.05) is 89.9 Å². The van der Waals surface area contributed by atoms with Crippen molar-refractivity contribution in [1.29, 1.82) is 0 Å². The predicted octanol–water partition coefficient (Wildman–Crippen LogP) is 5.14. The summed E-state index contributed by atoms with van der Waals surface area (Å²) in [6.07, 6.45) is 20.0. The number of amides is 3. The molecule has 0 aromatic carbocycles. The molecule has 1 atom stereocenters. The monoisotopic (exact) mass is 796 g/mol. The van der Waals surface area contributed by atoms with Crippen molar-refractivity contribution in [3.05, 3.63) is 0 Å². The van der Waals surface area contributed by atoms with E-state index >= 15 is 0 Å². The van der Waals surface area contributed by atoms with Crippen molar-refractivity contribution in [2.24, 2.45) is 0 Å². The number of carbonyl (C=O) groups is 5. The second-order valence-corrected chi connectivity index (χ2v) is 14.4. The number of carboxylic acids is 1. The van der Waals surface area contributed by atoms with E-state index < -0.39 is 20.1 Å². The maximum atomic E-state index is 12.2. The van der Waals surface area contributed by atoms with Crippen molar-refractivity contribution in [3.8, 4) is 0 Å². The first-order valence-electron chi connectivity index (χ1n) is 20.1. The van der Waals surface area contributed by atoms with Gasteiger partial charge in [0.15, 0.2) is 14.2 Å². The summed E-state index contributed by atoms with van der Waals surface area (Å²) in [7, 11) is -2.36. The fourth-order valence-electron chi connectivity index (χ4n) is 5.15. The number of rotatable bonds is 40. The van der Waals surface area contributed by atoms with Gasteiger partial charge in [-0.05, 0) is 33.1 Å². The first-order valence-corrected chi connectivity index (χ1v) is 21.4. The predicted molar refractivity (Wildman–Crippen MR) is 210 cm³/mol. The highest BCUT2D eigenvalue weighted by molar-refractivity contribution is 7.45. The molecule has 0 saturated carbocycles. The van der Waals surface area contributed by atoms with E-state index in [-0.39, 0.29) is 37.0 Å². The molecule has 0 bridgehead atoms. The molecule has 1 unspecified atom stereocenters.